The lowest BCUT2D eigenvalue weighted by Crippen LogP contribution is -2.12. The molecule has 0 amide bonds. The Hall–Kier alpha value is 0.350. The summed E-state index contributed by atoms with van der Waals surface area (Å²) in [7, 11) is 0. The smallest absolute Gasteiger partial charge is 0.00361 e. The van der Waals surface area contributed by atoms with Crippen molar-refractivity contribution in [3.05, 3.63) is 0 Å². The molecule has 0 nitrogen and oxygen atoms in total. The van der Waals surface area contributed by atoms with Crippen molar-refractivity contribution in [2.75, 3.05) is 11.5 Å². The summed E-state index contributed by atoms with van der Waals surface area (Å²) < 4.78 is 0. The first-order valence-corrected chi connectivity index (χ1v) is 8.11. The average Bonchev–Trinajstić information content (AvgIpc) is 2.67. The summed E-state index contributed by atoms with van der Waals surface area (Å²) in [5, 5.41) is 0. The van der Waals surface area contributed by atoms with Gasteiger partial charge in [0, 0.05) is 0 Å². The molecule has 0 saturated carbocycles. The van der Waals surface area contributed by atoms with E-state index in [0.29, 0.717) is 0 Å². The second-order valence-corrected chi connectivity index (χ2v) is 6.12. The second-order valence-electron chi connectivity index (χ2n) is 5.05. The maximum absolute atomic E-state index is 2.31. The topological polar surface area (TPSA) is 0 Å². The molecule has 0 aromatic heterocycles. The lowest BCUT2D eigenvalue weighted by molar-refractivity contribution is 0.349. The third-order valence-electron chi connectivity index (χ3n) is 3.69. The Kier molecular flexibility index (Phi) is 7.60. The van der Waals surface area contributed by atoms with Crippen LogP contribution in [-0.4, -0.2) is 11.5 Å². The van der Waals surface area contributed by atoms with Crippen LogP contribution in [-0.2, 0) is 0 Å². The molecule has 1 heteroatoms. The molecule has 90 valence electrons. The van der Waals surface area contributed by atoms with Gasteiger partial charge in [-0.1, -0.05) is 52.4 Å². The zero-order valence-corrected chi connectivity index (χ0v) is 11.5. The van der Waals surface area contributed by atoms with Gasteiger partial charge in [0.15, 0.2) is 0 Å². The minimum atomic E-state index is 1.07. The first-order valence-electron chi connectivity index (χ1n) is 6.96. The summed E-state index contributed by atoms with van der Waals surface area (Å²) in [6.07, 6.45) is 11.6. The predicted molar refractivity (Wildman–Crippen MR) is 72.6 cm³/mol. The number of unbranched alkanes of at least 4 members (excludes halogenated alkanes) is 4. The molecule has 0 unspecified atom stereocenters. The fourth-order valence-corrected chi connectivity index (χ4v) is 4.21. The highest BCUT2D eigenvalue weighted by molar-refractivity contribution is 7.99. The van der Waals surface area contributed by atoms with Crippen molar-refractivity contribution in [1.29, 1.82) is 0 Å². The maximum Gasteiger partial charge on any atom is -0.00361 e. The summed E-state index contributed by atoms with van der Waals surface area (Å²) in [6, 6.07) is 0. The normalized spacial score (nSPS) is 26.0. The van der Waals surface area contributed by atoms with Crippen molar-refractivity contribution in [1.82, 2.24) is 0 Å². The molecule has 1 aliphatic rings. The van der Waals surface area contributed by atoms with E-state index in [1.54, 1.807) is 0 Å². The number of rotatable bonds is 8. The Morgan fingerprint density at radius 2 is 1.27 bits per heavy atom. The standard InChI is InChI=1S/C14H28S/c1-3-5-7-9-13-11-15-12-14(13)10-8-6-4-2/h13-14H,3-12H2,1-2H3/t13-,14-/m1/s1. The largest absolute Gasteiger partial charge is 0.161 e. The maximum atomic E-state index is 2.31. The minimum absolute atomic E-state index is 1.07. The summed E-state index contributed by atoms with van der Waals surface area (Å²) in [4.78, 5) is 0. The van der Waals surface area contributed by atoms with E-state index in [2.05, 4.69) is 25.6 Å². The van der Waals surface area contributed by atoms with Gasteiger partial charge in [0.25, 0.3) is 0 Å². The molecule has 0 radical (unpaired) electrons. The van der Waals surface area contributed by atoms with Crippen molar-refractivity contribution in [3.8, 4) is 0 Å². The Morgan fingerprint density at radius 1 is 0.800 bits per heavy atom. The van der Waals surface area contributed by atoms with E-state index in [4.69, 9.17) is 0 Å². The lowest BCUT2D eigenvalue weighted by atomic mass is 9.87. The van der Waals surface area contributed by atoms with Gasteiger partial charge in [-0.25, -0.2) is 0 Å². The first kappa shape index (κ1) is 13.4. The van der Waals surface area contributed by atoms with E-state index in [0.717, 1.165) is 11.8 Å². The molecule has 1 fully saturated rings. The summed E-state index contributed by atoms with van der Waals surface area (Å²) >= 11 is 2.21. The Morgan fingerprint density at radius 3 is 1.67 bits per heavy atom. The van der Waals surface area contributed by atoms with Crippen LogP contribution in [0.1, 0.15) is 65.2 Å². The van der Waals surface area contributed by atoms with Crippen LogP contribution in [0.15, 0.2) is 0 Å². The van der Waals surface area contributed by atoms with Gasteiger partial charge in [-0.15, -0.1) is 0 Å². The molecule has 0 spiro atoms. The van der Waals surface area contributed by atoms with Gasteiger partial charge in [-0.2, -0.15) is 11.8 Å². The lowest BCUT2D eigenvalue weighted by Gasteiger charge is -2.18. The van der Waals surface area contributed by atoms with Crippen LogP contribution in [0.3, 0.4) is 0 Å². The second kappa shape index (κ2) is 8.50. The van der Waals surface area contributed by atoms with Crippen LogP contribution in [0.25, 0.3) is 0 Å². The van der Waals surface area contributed by atoms with E-state index in [1.807, 2.05) is 0 Å². The molecule has 1 aliphatic heterocycles. The SMILES string of the molecule is CCCCC[C@@H]1CSC[C@H]1CCCCC. The minimum Gasteiger partial charge on any atom is -0.161 e. The van der Waals surface area contributed by atoms with Crippen LogP contribution in [0.5, 0.6) is 0 Å². The zero-order chi connectivity index (χ0) is 10.9. The van der Waals surface area contributed by atoms with Crippen molar-refractivity contribution >= 4 is 11.8 Å². The number of hydrogen-bond donors (Lipinski definition) is 0. The average molecular weight is 228 g/mol. The molecule has 0 aromatic rings. The molecule has 1 heterocycles. The molecule has 0 bridgehead atoms. The number of hydrogen-bond acceptors (Lipinski definition) is 1. The van der Waals surface area contributed by atoms with Gasteiger partial charge < -0.3 is 0 Å². The Bertz CT molecular complexity index is 128. The van der Waals surface area contributed by atoms with E-state index in [-0.39, 0.29) is 0 Å². The van der Waals surface area contributed by atoms with Crippen molar-refractivity contribution in [3.63, 3.8) is 0 Å². The fourth-order valence-electron chi connectivity index (χ4n) is 2.59. The molecule has 2 atom stereocenters. The van der Waals surface area contributed by atoms with E-state index in [1.165, 1.54) is 62.9 Å². The highest BCUT2D eigenvalue weighted by Crippen LogP contribution is 2.36. The Labute approximate surface area is 101 Å². The van der Waals surface area contributed by atoms with Crippen molar-refractivity contribution in [2.45, 2.75) is 65.2 Å². The third kappa shape index (κ3) is 5.29. The van der Waals surface area contributed by atoms with Crippen LogP contribution < -0.4 is 0 Å². The summed E-state index contributed by atoms with van der Waals surface area (Å²) in [5.41, 5.74) is 0. The van der Waals surface area contributed by atoms with Gasteiger partial charge in [-0.3, -0.25) is 0 Å². The summed E-state index contributed by atoms with van der Waals surface area (Å²) in [6.45, 7) is 4.62. The van der Waals surface area contributed by atoms with Crippen LogP contribution >= 0.6 is 11.8 Å². The fraction of sp³-hybridized carbons (Fsp3) is 1.00. The molecule has 0 N–H and O–H groups in total. The monoisotopic (exact) mass is 228 g/mol. The molecular weight excluding hydrogens is 200 g/mol. The predicted octanol–water partition coefficient (Wildman–Crippen LogP) is 5.13. The third-order valence-corrected chi connectivity index (χ3v) is 5.02. The summed E-state index contributed by atoms with van der Waals surface area (Å²) in [5.74, 6) is 5.05. The molecular formula is C14H28S. The molecule has 15 heavy (non-hydrogen) atoms. The van der Waals surface area contributed by atoms with Gasteiger partial charge >= 0.3 is 0 Å². The molecule has 1 rings (SSSR count). The van der Waals surface area contributed by atoms with Crippen LogP contribution in [0.4, 0.5) is 0 Å². The van der Waals surface area contributed by atoms with Crippen molar-refractivity contribution in [2.24, 2.45) is 11.8 Å². The highest BCUT2D eigenvalue weighted by Gasteiger charge is 2.26. The van der Waals surface area contributed by atoms with Crippen molar-refractivity contribution < 1.29 is 0 Å². The quantitative estimate of drug-likeness (QED) is 0.519. The first-order chi connectivity index (χ1) is 7.38. The molecule has 0 aromatic carbocycles. The van der Waals surface area contributed by atoms with Gasteiger partial charge in [-0.05, 0) is 36.2 Å². The number of thioether (sulfide) groups is 1. The Balaban J connectivity index is 2.11. The van der Waals surface area contributed by atoms with E-state index >= 15 is 0 Å². The van der Waals surface area contributed by atoms with E-state index < -0.39 is 0 Å². The van der Waals surface area contributed by atoms with Crippen LogP contribution in [0, 0.1) is 11.8 Å². The van der Waals surface area contributed by atoms with Gasteiger partial charge in [0.1, 0.15) is 0 Å². The molecule has 0 aliphatic carbocycles. The highest BCUT2D eigenvalue weighted by atomic mass is 32.2. The zero-order valence-electron chi connectivity index (χ0n) is 10.6. The van der Waals surface area contributed by atoms with Gasteiger partial charge in [0.2, 0.25) is 0 Å². The molecule has 1 saturated heterocycles. The van der Waals surface area contributed by atoms with Crippen LogP contribution in [0.2, 0.25) is 0 Å². The van der Waals surface area contributed by atoms with Gasteiger partial charge in [0.05, 0.1) is 0 Å². The van der Waals surface area contributed by atoms with E-state index in [9.17, 15) is 0 Å².